The van der Waals surface area contributed by atoms with Gasteiger partial charge in [0.1, 0.15) is 12.2 Å². The van der Waals surface area contributed by atoms with E-state index >= 15 is 0 Å². The number of unbranched alkanes of at least 4 members (excludes halogenated alkanes) is 1. The molecule has 0 saturated carbocycles. The summed E-state index contributed by atoms with van der Waals surface area (Å²) >= 11 is 12.3. The predicted octanol–water partition coefficient (Wildman–Crippen LogP) is 3.34. The van der Waals surface area contributed by atoms with Crippen LogP contribution >= 0.6 is 23.2 Å². The smallest absolute Gasteiger partial charge is 0.247 e. The summed E-state index contributed by atoms with van der Waals surface area (Å²) in [5.41, 5.74) is 2.14. The van der Waals surface area contributed by atoms with E-state index in [1.807, 2.05) is 6.92 Å². The highest BCUT2D eigenvalue weighted by atomic mass is 35.5. The summed E-state index contributed by atoms with van der Waals surface area (Å²) < 4.78 is 11.8. The number of halogens is 2. The number of fused-ring (bicyclic) bond motifs is 3. The van der Waals surface area contributed by atoms with Crippen LogP contribution in [0.5, 0.6) is 11.5 Å². The lowest BCUT2D eigenvalue weighted by atomic mass is 9.77. The van der Waals surface area contributed by atoms with E-state index in [9.17, 15) is 24.9 Å². The molecule has 216 valence electrons. The zero-order valence-corrected chi connectivity index (χ0v) is 23.9. The minimum absolute atomic E-state index is 0.0247. The highest BCUT2D eigenvalue weighted by molar-refractivity contribution is 6.42. The van der Waals surface area contributed by atoms with Crippen LogP contribution in [0.4, 0.5) is 0 Å². The SMILES string of the molecule is CCCCC(=O)N(Cc1ccc(Cl)c(Cl)c1)C1C=C(C(=O)NCCO)C2c3cc(CO)cc(OC)c3OC2C1O. The van der Waals surface area contributed by atoms with Gasteiger partial charge in [-0.15, -0.1) is 0 Å². The number of hydrogen-bond donors (Lipinski definition) is 4. The third-order valence-electron chi connectivity index (χ3n) is 7.26. The molecule has 0 radical (unpaired) electrons. The number of aliphatic hydroxyl groups excluding tert-OH is 3. The summed E-state index contributed by atoms with van der Waals surface area (Å²) in [5.74, 6) is -0.623. The fourth-order valence-electron chi connectivity index (χ4n) is 5.29. The third kappa shape index (κ3) is 6.09. The van der Waals surface area contributed by atoms with Gasteiger partial charge in [-0.05, 0) is 47.9 Å². The molecule has 0 fully saturated rings. The lowest BCUT2D eigenvalue weighted by Crippen LogP contribution is -2.55. The van der Waals surface area contributed by atoms with Crippen molar-refractivity contribution in [3.05, 3.63) is 68.7 Å². The molecule has 9 nitrogen and oxygen atoms in total. The van der Waals surface area contributed by atoms with Crippen LogP contribution in [0, 0.1) is 0 Å². The summed E-state index contributed by atoms with van der Waals surface area (Å²) in [6, 6.07) is 7.53. The molecule has 4 rings (SSSR count). The number of aliphatic hydroxyl groups is 3. The van der Waals surface area contributed by atoms with Gasteiger partial charge in [0.05, 0.1) is 42.3 Å². The maximum Gasteiger partial charge on any atom is 0.247 e. The van der Waals surface area contributed by atoms with Crippen LogP contribution in [0.2, 0.25) is 10.0 Å². The number of nitrogens with zero attached hydrogens (tertiary/aromatic N) is 1. The molecule has 40 heavy (non-hydrogen) atoms. The average molecular weight is 594 g/mol. The molecule has 11 heteroatoms. The Labute approximate surface area is 243 Å². The van der Waals surface area contributed by atoms with Crippen molar-refractivity contribution in [2.75, 3.05) is 20.3 Å². The first-order valence-electron chi connectivity index (χ1n) is 13.2. The van der Waals surface area contributed by atoms with Gasteiger partial charge in [0, 0.05) is 30.6 Å². The van der Waals surface area contributed by atoms with Crippen LogP contribution in [0.3, 0.4) is 0 Å². The number of carbonyl (C=O) groups is 2. The van der Waals surface area contributed by atoms with Crippen molar-refractivity contribution < 1.29 is 34.4 Å². The number of benzene rings is 2. The van der Waals surface area contributed by atoms with Crippen molar-refractivity contribution in [1.82, 2.24) is 10.2 Å². The van der Waals surface area contributed by atoms with Crippen LogP contribution in [-0.2, 0) is 22.7 Å². The normalized spacial score (nSPS) is 21.1. The zero-order valence-electron chi connectivity index (χ0n) is 22.4. The first-order chi connectivity index (χ1) is 19.2. The number of nitrogens with one attached hydrogen (secondary N) is 1. The number of hydrogen-bond acceptors (Lipinski definition) is 7. The van der Waals surface area contributed by atoms with Gasteiger partial charge in [0.2, 0.25) is 11.8 Å². The van der Waals surface area contributed by atoms with Crippen molar-refractivity contribution in [2.24, 2.45) is 0 Å². The molecule has 0 bridgehead atoms. The number of ether oxygens (including phenoxy) is 2. The molecule has 2 amide bonds. The second kappa shape index (κ2) is 13.2. The molecule has 4 atom stereocenters. The first kappa shape index (κ1) is 30.1. The molecule has 2 aliphatic rings. The van der Waals surface area contributed by atoms with Crippen molar-refractivity contribution in [3.63, 3.8) is 0 Å². The minimum atomic E-state index is -1.21. The molecule has 4 N–H and O–H groups in total. The quantitative estimate of drug-likeness (QED) is 0.315. The largest absolute Gasteiger partial charge is 0.493 e. The van der Waals surface area contributed by atoms with Gasteiger partial charge in [0.15, 0.2) is 11.5 Å². The Bertz CT molecular complexity index is 1290. The standard InChI is InChI=1S/C29H34Cl2N2O7/c1-3-4-5-24(36)33(14-16-6-7-20(30)21(31)11-16)22-13-19(29(38)32-8-9-34)25-18-10-17(15-35)12-23(39-2)27(18)40-28(25)26(22)37/h6-7,10-13,22,25-26,28,34-35,37H,3-5,8-9,14-15H2,1-2H3,(H,32,38). The summed E-state index contributed by atoms with van der Waals surface area (Å²) in [6.07, 6.45) is 1.20. The fraction of sp³-hybridized carbons (Fsp3) is 0.448. The zero-order chi connectivity index (χ0) is 29.0. The summed E-state index contributed by atoms with van der Waals surface area (Å²) in [7, 11) is 1.47. The fourth-order valence-corrected chi connectivity index (χ4v) is 5.61. The van der Waals surface area contributed by atoms with Crippen molar-refractivity contribution in [3.8, 4) is 11.5 Å². The van der Waals surface area contributed by atoms with Crippen LogP contribution in [0.1, 0.15) is 48.8 Å². The lowest BCUT2D eigenvalue weighted by molar-refractivity contribution is -0.138. The molecular weight excluding hydrogens is 559 g/mol. The van der Waals surface area contributed by atoms with Gasteiger partial charge >= 0.3 is 0 Å². The molecule has 0 saturated heterocycles. The van der Waals surface area contributed by atoms with E-state index in [4.69, 9.17) is 32.7 Å². The average Bonchev–Trinajstić information content (AvgIpc) is 3.35. The van der Waals surface area contributed by atoms with Crippen LogP contribution in [0.15, 0.2) is 42.0 Å². The van der Waals surface area contributed by atoms with Crippen molar-refractivity contribution >= 4 is 35.0 Å². The Morgan fingerprint density at radius 1 is 1.12 bits per heavy atom. The number of amides is 2. The van der Waals surface area contributed by atoms with E-state index in [-0.39, 0.29) is 44.2 Å². The maximum atomic E-state index is 13.6. The van der Waals surface area contributed by atoms with Gasteiger partial charge in [-0.2, -0.15) is 0 Å². The van der Waals surface area contributed by atoms with Gasteiger partial charge < -0.3 is 35.0 Å². The van der Waals surface area contributed by atoms with Crippen LogP contribution in [-0.4, -0.2) is 70.5 Å². The molecule has 0 aromatic heterocycles. The van der Waals surface area contributed by atoms with E-state index in [0.29, 0.717) is 44.7 Å². The van der Waals surface area contributed by atoms with E-state index in [2.05, 4.69) is 5.32 Å². The van der Waals surface area contributed by atoms with Crippen molar-refractivity contribution in [2.45, 2.75) is 63.5 Å². The van der Waals surface area contributed by atoms with Crippen LogP contribution in [0.25, 0.3) is 0 Å². The minimum Gasteiger partial charge on any atom is -0.493 e. The molecule has 1 heterocycles. The topological polar surface area (TPSA) is 129 Å². The Morgan fingerprint density at radius 2 is 1.90 bits per heavy atom. The van der Waals surface area contributed by atoms with Gasteiger partial charge in [-0.1, -0.05) is 42.6 Å². The van der Waals surface area contributed by atoms with Gasteiger partial charge in [0.25, 0.3) is 0 Å². The van der Waals surface area contributed by atoms with Crippen molar-refractivity contribution in [1.29, 1.82) is 0 Å². The summed E-state index contributed by atoms with van der Waals surface area (Å²) in [5, 5.41) is 34.3. The monoisotopic (exact) mass is 592 g/mol. The molecule has 0 spiro atoms. The highest BCUT2D eigenvalue weighted by Gasteiger charge is 2.51. The molecule has 1 aliphatic heterocycles. The van der Waals surface area contributed by atoms with E-state index in [1.54, 1.807) is 36.4 Å². The summed E-state index contributed by atoms with van der Waals surface area (Å²) in [6.45, 7) is 1.61. The Balaban J connectivity index is 1.81. The Hall–Kier alpha value is -2.82. The summed E-state index contributed by atoms with van der Waals surface area (Å²) in [4.78, 5) is 28.5. The molecule has 1 aliphatic carbocycles. The molecule has 2 aromatic rings. The maximum absolute atomic E-state index is 13.6. The van der Waals surface area contributed by atoms with E-state index in [0.717, 1.165) is 6.42 Å². The predicted molar refractivity (Wildman–Crippen MR) is 151 cm³/mol. The third-order valence-corrected chi connectivity index (χ3v) is 8.00. The number of carbonyl (C=O) groups excluding carboxylic acids is 2. The first-order valence-corrected chi connectivity index (χ1v) is 14.0. The molecule has 2 aromatic carbocycles. The lowest BCUT2D eigenvalue weighted by Gasteiger charge is -2.41. The Kier molecular flexibility index (Phi) is 9.97. The highest BCUT2D eigenvalue weighted by Crippen LogP contribution is 2.51. The number of methoxy groups -OCH3 is 1. The molecular formula is C29H34Cl2N2O7. The Morgan fingerprint density at radius 3 is 2.55 bits per heavy atom. The molecule has 4 unspecified atom stereocenters. The van der Waals surface area contributed by atoms with E-state index in [1.165, 1.54) is 12.0 Å². The van der Waals surface area contributed by atoms with Gasteiger partial charge in [-0.3, -0.25) is 9.59 Å². The second-order valence-corrected chi connectivity index (χ2v) is 10.7. The van der Waals surface area contributed by atoms with E-state index < -0.39 is 30.1 Å². The van der Waals surface area contributed by atoms with Gasteiger partial charge in [-0.25, -0.2) is 0 Å². The number of rotatable bonds is 11. The van der Waals surface area contributed by atoms with Crippen LogP contribution < -0.4 is 14.8 Å². The second-order valence-electron chi connectivity index (χ2n) is 9.89.